The highest BCUT2D eigenvalue weighted by molar-refractivity contribution is 5.81. The fourth-order valence-corrected chi connectivity index (χ4v) is 1.22. The third kappa shape index (κ3) is 17.3. The molecule has 0 saturated carbocycles. The number of rotatable bonds is 7. The van der Waals surface area contributed by atoms with E-state index in [1.807, 2.05) is 27.7 Å². The molecule has 0 aromatic carbocycles. The molecule has 0 aliphatic rings. The smallest absolute Gasteiger partial charge is 0.185 e. The molecule has 1 atom stereocenters. The van der Waals surface area contributed by atoms with E-state index < -0.39 is 0 Å². The van der Waals surface area contributed by atoms with Crippen LogP contribution >= 0.6 is 0 Å². The number of likely N-dealkylation sites (N-methyl/N-ethyl adjacent to an activating group) is 1. The molecule has 0 heterocycles. The summed E-state index contributed by atoms with van der Waals surface area (Å²) in [5.74, 6) is 0.302. The highest BCUT2D eigenvalue weighted by atomic mass is 16.1. The van der Waals surface area contributed by atoms with Crippen LogP contribution in [0.5, 0.6) is 0 Å². The summed E-state index contributed by atoms with van der Waals surface area (Å²) in [6.07, 6.45) is 2.69. The van der Waals surface area contributed by atoms with E-state index in [9.17, 15) is 4.79 Å². The van der Waals surface area contributed by atoms with Crippen LogP contribution in [-0.2, 0) is 4.79 Å². The predicted molar refractivity (Wildman–Crippen MR) is 80.8 cm³/mol. The van der Waals surface area contributed by atoms with Gasteiger partial charge in [-0.25, -0.2) is 0 Å². The van der Waals surface area contributed by atoms with Gasteiger partial charge >= 0.3 is 0 Å². The van der Waals surface area contributed by atoms with Gasteiger partial charge in [0.2, 0.25) is 0 Å². The Morgan fingerprint density at radius 2 is 1.67 bits per heavy atom. The van der Waals surface area contributed by atoms with Gasteiger partial charge in [0, 0.05) is 6.54 Å². The Morgan fingerprint density at radius 3 is 2.00 bits per heavy atom. The van der Waals surface area contributed by atoms with E-state index >= 15 is 0 Å². The average Bonchev–Trinajstić information content (AvgIpc) is 2.37. The first kappa shape index (κ1) is 22.1. The number of carbonyl (C=O) groups excluding carboxylic acids is 1. The number of carbonyl (C=O) groups is 1. The molecule has 18 heavy (non-hydrogen) atoms. The van der Waals surface area contributed by atoms with Crippen molar-refractivity contribution in [1.29, 1.82) is 0 Å². The summed E-state index contributed by atoms with van der Waals surface area (Å²) in [6.45, 7) is 10.2. The van der Waals surface area contributed by atoms with Gasteiger partial charge in [0.25, 0.3) is 0 Å². The van der Waals surface area contributed by atoms with Crippen LogP contribution in [0, 0.1) is 0 Å². The number of hydrogen-bond donors (Lipinski definition) is 3. The van der Waals surface area contributed by atoms with Crippen molar-refractivity contribution in [2.75, 3.05) is 13.6 Å². The lowest BCUT2D eigenvalue weighted by Gasteiger charge is -2.11. The molecule has 0 spiro atoms. The van der Waals surface area contributed by atoms with Gasteiger partial charge in [0.15, 0.2) is 5.96 Å². The van der Waals surface area contributed by atoms with Gasteiger partial charge in [0.05, 0.1) is 6.04 Å². The van der Waals surface area contributed by atoms with Crippen LogP contribution in [0.4, 0.5) is 0 Å². The van der Waals surface area contributed by atoms with E-state index in [1.165, 1.54) is 0 Å². The lowest BCUT2D eigenvalue weighted by molar-refractivity contribution is -0.119. The minimum Gasteiger partial charge on any atom is -0.370 e. The van der Waals surface area contributed by atoms with Crippen molar-refractivity contribution in [3.8, 4) is 0 Å². The van der Waals surface area contributed by atoms with E-state index in [-0.39, 0.29) is 17.8 Å². The number of unbranched alkanes of at least 4 members (excludes halogenated alkanes) is 1. The maximum atomic E-state index is 11.0. The minimum absolute atomic E-state index is 0.0331. The van der Waals surface area contributed by atoms with Crippen LogP contribution in [0.3, 0.4) is 0 Å². The number of guanidine groups is 1. The van der Waals surface area contributed by atoms with Crippen molar-refractivity contribution in [1.82, 2.24) is 5.32 Å². The first-order valence-corrected chi connectivity index (χ1v) is 6.81. The van der Waals surface area contributed by atoms with Crippen molar-refractivity contribution >= 4 is 11.7 Å². The van der Waals surface area contributed by atoms with Crippen LogP contribution in [0.1, 0.15) is 53.9 Å². The first-order valence-electron chi connectivity index (χ1n) is 6.81. The molecule has 0 rings (SSSR count). The number of nitrogens with one attached hydrogen (secondary N) is 1. The molecule has 5 heteroatoms. The van der Waals surface area contributed by atoms with Crippen LogP contribution in [0.15, 0.2) is 4.99 Å². The van der Waals surface area contributed by atoms with E-state index in [4.69, 9.17) is 11.5 Å². The summed E-state index contributed by atoms with van der Waals surface area (Å²) in [4.78, 5) is 14.9. The van der Waals surface area contributed by atoms with Crippen LogP contribution < -0.4 is 16.8 Å². The molecule has 0 unspecified atom stereocenters. The van der Waals surface area contributed by atoms with E-state index in [0.29, 0.717) is 6.54 Å². The van der Waals surface area contributed by atoms with Gasteiger partial charge in [0.1, 0.15) is 5.78 Å². The lowest BCUT2D eigenvalue weighted by Crippen LogP contribution is -2.32. The summed E-state index contributed by atoms with van der Waals surface area (Å²) in [6, 6.07) is -0.0331. The van der Waals surface area contributed by atoms with Gasteiger partial charge in [-0.3, -0.25) is 9.79 Å². The molecule has 0 amide bonds. The molecular weight excluding hydrogens is 228 g/mol. The predicted octanol–water partition coefficient (Wildman–Crippen LogP) is 1.66. The molecular formula is C13H32N4O. The Kier molecular flexibility index (Phi) is 22.4. The largest absolute Gasteiger partial charge is 0.370 e. The molecule has 110 valence electrons. The third-order valence-electron chi connectivity index (χ3n) is 2.03. The van der Waals surface area contributed by atoms with E-state index in [1.54, 1.807) is 14.0 Å². The lowest BCUT2D eigenvalue weighted by atomic mass is 10.1. The molecule has 5 N–H and O–H groups in total. The zero-order valence-electron chi connectivity index (χ0n) is 12.9. The maximum Gasteiger partial charge on any atom is 0.185 e. The summed E-state index contributed by atoms with van der Waals surface area (Å²) in [5.41, 5.74) is 10.3. The highest BCUT2D eigenvalue weighted by Gasteiger charge is 2.09. The molecule has 0 aromatic rings. The van der Waals surface area contributed by atoms with Crippen LogP contribution in [0.2, 0.25) is 0 Å². The quantitative estimate of drug-likeness (QED) is 0.369. The topological polar surface area (TPSA) is 93.5 Å². The first-order chi connectivity index (χ1) is 8.57. The Morgan fingerprint density at radius 1 is 1.17 bits per heavy atom. The Hall–Kier alpha value is -1.10. The van der Waals surface area contributed by atoms with Crippen molar-refractivity contribution in [3.63, 3.8) is 0 Å². The summed E-state index contributed by atoms with van der Waals surface area (Å²) >= 11 is 0. The van der Waals surface area contributed by atoms with Gasteiger partial charge in [-0.05, 0) is 33.2 Å². The Bertz CT molecular complexity index is 201. The highest BCUT2D eigenvalue weighted by Crippen LogP contribution is 2.01. The molecule has 0 aliphatic carbocycles. The summed E-state index contributed by atoms with van der Waals surface area (Å²) < 4.78 is 0. The van der Waals surface area contributed by atoms with Crippen LogP contribution in [0.25, 0.3) is 0 Å². The second kappa shape index (κ2) is 18.3. The van der Waals surface area contributed by atoms with Crippen molar-refractivity contribution < 1.29 is 4.79 Å². The molecule has 5 nitrogen and oxygen atoms in total. The number of nitrogens with two attached hydrogens (primary N) is 2. The molecule has 0 aliphatic heterocycles. The van der Waals surface area contributed by atoms with Crippen molar-refractivity contribution in [2.45, 2.75) is 59.9 Å². The molecule has 0 fully saturated rings. The van der Waals surface area contributed by atoms with Crippen LogP contribution in [-0.4, -0.2) is 31.4 Å². The number of nitrogens with zero attached hydrogens (tertiary/aromatic N) is 1. The zero-order valence-corrected chi connectivity index (χ0v) is 12.9. The molecule has 0 aromatic heterocycles. The zero-order chi connectivity index (χ0) is 15.0. The average molecular weight is 260 g/mol. The Labute approximate surface area is 112 Å². The minimum atomic E-state index is -0.0331. The fraction of sp³-hybridized carbons (Fsp3) is 0.846. The number of ketones is 1. The van der Waals surface area contributed by atoms with Gasteiger partial charge in [-0.1, -0.05) is 27.7 Å². The fourth-order valence-electron chi connectivity index (χ4n) is 1.22. The molecule has 0 bridgehead atoms. The maximum absolute atomic E-state index is 11.0. The number of hydrogen-bond acceptors (Lipinski definition) is 3. The van der Waals surface area contributed by atoms with E-state index in [2.05, 4.69) is 10.3 Å². The number of Topliss-reactive ketones (excluding diaryl/α,β-unsaturated/α-hetero) is 1. The van der Waals surface area contributed by atoms with E-state index in [0.717, 1.165) is 19.3 Å². The van der Waals surface area contributed by atoms with Crippen molar-refractivity contribution in [2.24, 2.45) is 16.5 Å². The second-order valence-corrected chi connectivity index (χ2v) is 3.25. The van der Waals surface area contributed by atoms with Gasteiger partial charge in [-0.2, -0.15) is 0 Å². The summed E-state index contributed by atoms with van der Waals surface area (Å²) in [5, 5.41) is 2.97. The van der Waals surface area contributed by atoms with Gasteiger partial charge in [-0.15, -0.1) is 0 Å². The standard InChI is InChI=1S/C9H20N4O.2C2H6/c1-7(14)8(12-2)5-3-4-6-13-9(10)11;2*1-2/h8,12H,3-6H2,1-2H3,(H4,10,11,13);2*1-2H3/t8-;;/m0../s1. The molecule has 0 saturated heterocycles. The Balaban J connectivity index is -0.000000506. The normalized spacial score (nSPS) is 10.1. The SMILES string of the molecule is CC.CC.CN[C@@H](CCCCN=C(N)N)C(C)=O. The second-order valence-electron chi connectivity index (χ2n) is 3.25. The summed E-state index contributed by atoms with van der Waals surface area (Å²) in [7, 11) is 1.79. The van der Waals surface area contributed by atoms with Crippen molar-refractivity contribution in [3.05, 3.63) is 0 Å². The number of aliphatic imine (C=N–C) groups is 1. The monoisotopic (exact) mass is 260 g/mol. The third-order valence-corrected chi connectivity index (χ3v) is 2.03. The van der Waals surface area contributed by atoms with Gasteiger partial charge < -0.3 is 16.8 Å². The molecule has 0 radical (unpaired) electrons.